The Morgan fingerprint density at radius 3 is 2.45 bits per heavy atom. The normalized spacial score (nSPS) is 12.3. The third-order valence-corrected chi connectivity index (χ3v) is 5.16. The lowest BCUT2D eigenvalue weighted by molar-refractivity contribution is 0.0902. The fourth-order valence-electron chi connectivity index (χ4n) is 3.56. The van der Waals surface area contributed by atoms with E-state index in [1.54, 1.807) is 24.3 Å². The van der Waals surface area contributed by atoms with E-state index in [9.17, 15) is 9.59 Å². The van der Waals surface area contributed by atoms with Gasteiger partial charge < -0.3 is 14.7 Å². The average molecular weight is 415 g/mol. The van der Waals surface area contributed by atoms with Crippen LogP contribution in [0.5, 0.6) is 0 Å². The number of hydrogen-bond donors (Lipinski definition) is 2. The lowest BCUT2D eigenvalue weighted by atomic mass is 10.0. The molecule has 2 N–H and O–H groups in total. The molecule has 2 heterocycles. The van der Waals surface area contributed by atoms with E-state index >= 15 is 0 Å². The van der Waals surface area contributed by atoms with Crippen molar-refractivity contribution in [2.45, 2.75) is 33.2 Å². The first kappa shape index (κ1) is 20.6. The van der Waals surface area contributed by atoms with Gasteiger partial charge >= 0.3 is 0 Å². The van der Waals surface area contributed by atoms with E-state index in [2.05, 4.69) is 29.1 Å². The van der Waals surface area contributed by atoms with Gasteiger partial charge in [-0.3, -0.25) is 9.59 Å². The SMILES string of the molecule is CC(=O)c1ccc(-c2ccc(C(=O)NC(CC(C)C)c3nc4ccccc4[nH]3)o2)cc1. The van der Waals surface area contributed by atoms with Gasteiger partial charge in [0.05, 0.1) is 17.1 Å². The molecule has 6 nitrogen and oxygen atoms in total. The highest BCUT2D eigenvalue weighted by Crippen LogP contribution is 2.25. The third-order valence-electron chi connectivity index (χ3n) is 5.16. The molecule has 0 fully saturated rings. The van der Waals surface area contributed by atoms with Crippen molar-refractivity contribution in [1.82, 2.24) is 15.3 Å². The maximum absolute atomic E-state index is 12.9. The van der Waals surface area contributed by atoms with Gasteiger partial charge in [-0.25, -0.2) is 4.98 Å². The molecule has 1 unspecified atom stereocenters. The van der Waals surface area contributed by atoms with Crippen LogP contribution in [0.1, 0.15) is 60.0 Å². The number of carbonyl (C=O) groups excluding carboxylic acids is 2. The Labute approximate surface area is 180 Å². The number of fused-ring (bicyclic) bond motifs is 1. The van der Waals surface area contributed by atoms with Gasteiger partial charge in [-0.15, -0.1) is 0 Å². The van der Waals surface area contributed by atoms with E-state index in [0.717, 1.165) is 28.8 Å². The number of aromatic nitrogens is 2. The first-order valence-corrected chi connectivity index (χ1v) is 10.4. The van der Waals surface area contributed by atoms with Gasteiger partial charge in [0.25, 0.3) is 5.91 Å². The lowest BCUT2D eigenvalue weighted by Crippen LogP contribution is -2.30. The minimum atomic E-state index is -0.294. The number of furan rings is 1. The van der Waals surface area contributed by atoms with Crippen LogP contribution < -0.4 is 5.32 Å². The molecule has 6 heteroatoms. The largest absolute Gasteiger partial charge is 0.451 e. The Bertz CT molecular complexity index is 1190. The molecule has 0 aliphatic carbocycles. The molecule has 0 bridgehead atoms. The smallest absolute Gasteiger partial charge is 0.287 e. The Balaban J connectivity index is 1.54. The van der Waals surface area contributed by atoms with Crippen molar-refractivity contribution in [3.63, 3.8) is 0 Å². The molecule has 31 heavy (non-hydrogen) atoms. The highest BCUT2D eigenvalue weighted by atomic mass is 16.3. The number of Topliss-reactive ketones (excluding diaryl/α,β-unsaturated/α-hetero) is 1. The number of aromatic amines is 1. The van der Waals surface area contributed by atoms with Crippen LogP contribution in [0.4, 0.5) is 0 Å². The van der Waals surface area contributed by atoms with Crippen LogP contribution in [0.25, 0.3) is 22.4 Å². The number of H-pyrrole nitrogens is 1. The summed E-state index contributed by atoms with van der Waals surface area (Å²) in [5.74, 6) is 1.62. The number of nitrogens with one attached hydrogen (secondary N) is 2. The zero-order valence-corrected chi connectivity index (χ0v) is 17.8. The number of hydrogen-bond acceptors (Lipinski definition) is 4. The number of para-hydroxylation sites is 2. The van der Waals surface area contributed by atoms with Crippen molar-refractivity contribution in [3.05, 3.63) is 77.8 Å². The predicted molar refractivity (Wildman–Crippen MR) is 120 cm³/mol. The molecule has 1 amide bonds. The summed E-state index contributed by atoms with van der Waals surface area (Å²) < 4.78 is 5.80. The molecule has 0 saturated heterocycles. The summed E-state index contributed by atoms with van der Waals surface area (Å²) in [7, 11) is 0. The summed E-state index contributed by atoms with van der Waals surface area (Å²) in [4.78, 5) is 32.4. The highest BCUT2D eigenvalue weighted by Gasteiger charge is 2.22. The minimum absolute atomic E-state index is 0.00726. The Kier molecular flexibility index (Phi) is 5.71. The van der Waals surface area contributed by atoms with Gasteiger partial charge in [-0.05, 0) is 43.5 Å². The molecule has 0 radical (unpaired) electrons. The van der Waals surface area contributed by atoms with Crippen LogP contribution in [0.3, 0.4) is 0 Å². The maximum Gasteiger partial charge on any atom is 0.287 e. The average Bonchev–Trinajstić information content (AvgIpc) is 3.40. The number of ketones is 1. The Morgan fingerprint density at radius 2 is 1.77 bits per heavy atom. The second-order valence-electron chi connectivity index (χ2n) is 8.09. The van der Waals surface area contributed by atoms with Crippen LogP contribution in [-0.4, -0.2) is 21.7 Å². The van der Waals surface area contributed by atoms with E-state index in [1.165, 1.54) is 6.92 Å². The fourth-order valence-corrected chi connectivity index (χ4v) is 3.56. The monoisotopic (exact) mass is 415 g/mol. The zero-order chi connectivity index (χ0) is 22.0. The van der Waals surface area contributed by atoms with E-state index in [-0.39, 0.29) is 23.5 Å². The first-order chi connectivity index (χ1) is 14.9. The van der Waals surface area contributed by atoms with Crippen LogP contribution in [0, 0.1) is 5.92 Å². The van der Waals surface area contributed by atoms with Gasteiger partial charge in [0.2, 0.25) is 0 Å². The number of carbonyl (C=O) groups is 2. The van der Waals surface area contributed by atoms with Crippen molar-refractivity contribution in [1.29, 1.82) is 0 Å². The van der Waals surface area contributed by atoms with Gasteiger partial charge in [0.1, 0.15) is 11.6 Å². The van der Waals surface area contributed by atoms with Gasteiger partial charge in [0, 0.05) is 11.1 Å². The molecule has 0 saturated carbocycles. The molecule has 4 rings (SSSR count). The molecule has 0 aliphatic heterocycles. The molecule has 0 aliphatic rings. The maximum atomic E-state index is 12.9. The lowest BCUT2D eigenvalue weighted by Gasteiger charge is -2.18. The van der Waals surface area contributed by atoms with Gasteiger partial charge in [0.15, 0.2) is 11.5 Å². The summed E-state index contributed by atoms with van der Waals surface area (Å²) in [6, 6.07) is 18.1. The van der Waals surface area contributed by atoms with Crippen molar-refractivity contribution >= 4 is 22.7 Å². The standard InChI is InChI=1S/C25H25N3O3/c1-15(2)14-21(24-26-19-6-4-5-7-20(19)27-24)28-25(30)23-13-12-22(31-23)18-10-8-17(9-11-18)16(3)29/h4-13,15,21H,14H2,1-3H3,(H,26,27)(H,28,30). The topological polar surface area (TPSA) is 88.0 Å². The quantitative estimate of drug-likeness (QED) is 0.388. The first-order valence-electron chi connectivity index (χ1n) is 10.4. The van der Waals surface area contributed by atoms with Gasteiger partial charge in [-0.1, -0.05) is 50.2 Å². The molecule has 4 aromatic rings. The van der Waals surface area contributed by atoms with Crippen molar-refractivity contribution in [2.75, 3.05) is 0 Å². The zero-order valence-electron chi connectivity index (χ0n) is 17.8. The summed E-state index contributed by atoms with van der Waals surface area (Å²) in [5, 5.41) is 3.06. The fraction of sp³-hybridized carbons (Fsp3) is 0.240. The van der Waals surface area contributed by atoms with Crippen LogP contribution in [0.2, 0.25) is 0 Å². The summed E-state index contributed by atoms with van der Waals surface area (Å²) in [5.41, 5.74) is 3.25. The summed E-state index contributed by atoms with van der Waals surface area (Å²) in [6.07, 6.45) is 0.742. The van der Waals surface area contributed by atoms with E-state index in [1.807, 2.05) is 36.4 Å². The van der Waals surface area contributed by atoms with Crippen LogP contribution in [-0.2, 0) is 0 Å². The number of nitrogens with zero attached hydrogens (tertiary/aromatic N) is 1. The number of imidazole rings is 1. The Morgan fingerprint density at radius 1 is 1.03 bits per heavy atom. The van der Waals surface area contributed by atoms with Crippen molar-refractivity contribution in [2.24, 2.45) is 5.92 Å². The van der Waals surface area contributed by atoms with Crippen LogP contribution >= 0.6 is 0 Å². The second-order valence-corrected chi connectivity index (χ2v) is 8.09. The number of amides is 1. The van der Waals surface area contributed by atoms with Crippen molar-refractivity contribution < 1.29 is 14.0 Å². The van der Waals surface area contributed by atoms with Crippen molar-refractivity contribution in [3.8, 4) is 11.3 Å². The molecule has 1 atom stereocenters. The minimum Gasteiger partial charge on any atom is -0.451 e. The van der Waals surface area contributed by atoms with E-state index < -0.39 is 0 Å². The molecular weight excluding hydrogens is 390 g/mol. The third kappa shape index (κ3) is 4.58. The molecule has 2 aromatic carbocycles. The van der Waals surface area contributed by atoms with E-state index in [4.69, 9.17) is 4.42 Å². The second kappa shape index (κ2) is 8.60. The molecular formula is C25H25N3O3. The number of rotatable bonds is 7. The van der Waals surface area contributed by atoms with Crippen LogP contribution in [0.15, 0.2) is 65.1 Å². The van der Waals surface area contributed by atoms with E-state index in [0.29, 0.717) is 17.2 Å². The molecule has 2 aromatic heterocycles. The predicted octanol–water partition coefficient (Wildman–Crippen LogP) is 5.54. The molecule has 158 valence electrons. The summed E-state index contributed by atoms with van der Waals surface area (Å²) in [6.45, 7) is 5.74. The highest BCUT2D eigenvalue weighted by molar-refractivity contribution is 5.94. The number of benzene rings is 2. The summed E-state index contributed by atoms with van der Waals surface area (Å²) >= 11 is 0. The molecule has 0 spiro atoms. The van der Waals surface area contributed by atoms with Gasteiger partial charge in [-0.2, -0.15) is 0 Å². The Hall–Kier alpha value is -3.67.